The summed E-state index contributed by atoms with van der Waals surface area (Å²) in [5.41, 5.74) is 0. The van der Waals surface area contributed by atoms with Crippen molar-refractivity contribution in [3.8, 4) is 0 Å². The molecule has 0 N–H and O–H groups in total. The number of halogens is 3. The first-order valence-electron chi connectivity index (χ1n) is 1.08. The topological polar surface area (TPSA) is 51.2 Å². The van der Waals surface area contributed by atoms with Crippen LogP contribution in [0.1, 0.15) is 0 Å². The Morgan fingerprint density at radius 1 is 0.900 bits per heavy atom. The molecule has 0 aromatic rings. The van der Waals surface area contributed by atoms with Crippen LogP contribution < -0.4 is 0 Å². The molecule has 0 heterocycles. The zero-order valence-corrected chi connectivity index (χ0v) is 9.37. The summed E-state index contributed by atoms with van der Waals surface area (Å²) in [5.74, 6) is 0. The van der Waals surface area contributed by atoms with Gasteiger partial charge in [0.2, 0.25) is 0 Å². The average molecular weight is 331 g/mol. The molecule has 0 rings (SSSR count). The van der Waals surface area contributed by atoms with E-state index in [-0.39, 0.29) is 0 Å². The Morgan fingerprint density at radius 2 is 0.900 bits per heavy atom. The van der Waals surface area contributed by atoms with Crippen LogP contribution >= 0.6 is 32.1 Å². The second kappa shape index (κ2) is 53.0. The second-order valence-corrected chi connectivity index (χ2v) is 13.9. The standard InChI is InChI=1S/3CO.BrH.2ClH.Mo/c3*1-2;;;;/h;;;3*1H;/q3*-1;;;;+3/p-3. The third kappa shape index (κ3) is 917. The number of carbonyl (C=O) groups excluding carboxylic acids is 3. The van der Waals surface area contributed by atoms with E-state index in [2.05, 4.69) is 33.7 Å². The van der Waals surface area contributed by atoms with Crippen LogP contribution in [-0.4, -0.2) is 20.4 Å². The molecule has 0 spiro atoms. The molecule has 0 aromatic heterocycles. The van der Waals surface area contributed by atoms with Crippen molar-refractivity contribution in [2.45, 2.75) is 0 Å². The molecular weight excluding hydrogens is 331 g/mol. The summed E-state index contributed by atoms with van der Waals surface area (Å²) in [6.07, 6.45) is 0. The molecule has 0 aliphatic rings. The van der Waals surface area contributed by atoms with Crippen LogP contribution in [-0.2, 0) is 27.6 Å². The van der Waals surface area contributed by atoms with Crippen molar-refractivity contribution in [2.24, 2.45) is 0 Å². The molecule has 0 saturated carbocycles. The molecule has 60 valence electrons. The normalized spacial score (nSPS) is 4.80. The Balaban J connectivity index is -0.0000000262. The van der Waals surface area contributed by atoms with Gasteiger partial charge in [0.05, 0.1) is 0 Å². The van der Waals surface area contributed by atoms with Crippen molar-refractivity contribution in [3.63, 3.8) is 0 Å². The third-order valence-corrected chi connectivity index (χ3v) is 0. The van der Waals surface area contributed by atoms with Crippen molar-refractivity contribution < 1.29 is 27.6 Å². The molecule has 7 heteroatoms. The van der Waals surface area contributed by atoms with Crippen LogP contribution in [0, 0.1) is 0 Å². The van der Waals surface area contributed by atoms with E-state index in [9.17, 15) is 0 Å². The van der Waals surface area contributed by atoms with Crippen molar-refractivity contribution >= 4 is 52.5 Å². The molecule has 3 nitrogen and oxygen atoms in total. The Hall–Kier alpha value is 0.758. The van der Waals surface area contributed by atoms with E-state index in [0.29, 0.717) is 0 Å². The molecule has 10 heavy (non-hydrogen) atoms. The molecule has 0 saturated heterocycles. The zero-order valence-electron chi connectivity index (χ0n) is 4.27. The summed E-state index contributed by atoms with van der Waals surface area (Å²) in [5, 5.41) is 0. The van der Waals surface area contributed by atoms with Crippen LogP contribution in [0.15, 0.2) is 0 Å². The fourth-order valence-electron chi connectivity index (χ4n) is 0. The van der Waals surface area contributed by atoms with Crippen LogP contribution in [0.3, 0.4) is 0 Å². The molecule has 0 aliphatic heterocycles. The van der Waals surface area contributed by atoms with E-state index in [1.807, 2.05) is 0 Å². The molecule has 3 radical (unpaired) electrons. The minimum atomic E-state index is -1.60. The van der Waals surface area contributed by atoms with Gasteiger partial charge in [0.1, 0.15) is 0 Å². The van der Waals surface area contributed by atoms with Gasteiger partial charge < -0.3 is 34.8 Å². The SMILES string of the molecule is [C-]=O.[C-]=O.[C-]=O.[Cl][Mo]([Cl])[Br]. The van der Waals surface area contributed by atoms with Gasteiger partial charge in [0, 0.05) is 0 Å². The average Bonchev–Trinajstić information content (AvgIpc) is 1.98. The summed E-state index contributed by atoms with van der Waals surface area (Å²) < 4.78 is 0. The predicted octanol–water partition coefficient (Wildman–Crippen LogP) is 1.03. The zero-order chi connectivity index (χ0) is 9.58. The van der Waals surface area contributed by atoms with Gasteiger partial charge in [-0.3, -0.25) is 0 Å². The van der Waals surface area contributed by atoms with E-state index in [1.54, 1.807) is 0 Å². The number of hydrogen-bond acceptors (Lipinski definition) is 3. The van der Waals surface area contributed by atoms with Crippen LogP contribution in [0.5, 0.6) is 0 Å². The van der Waals surface area contributed by atoms with Gasteiger partial charge in [-0.25, -0.2) is 0 Å². The summed E-state index contributed by atoms with van der Waals surface area (Å²) in [7, 11) is 10.3. The Morgan fingerprint density at radius 3 is 0.900 bits per heavy atom. The Labute approximate surface area is 79.6 Å². The van der Waals surface area contributed by atoms with Gasteiger partial charge >= 0.3 is 45.3 Å². The van der Waals surface area contributed by atoms with Gasteiger partial charge in [0.15, 0.2) is 0 Å². The first-order chi connectivity index (χ1) is 4.73. The maximum absolute atomic E-state index is 7.50. The molecule has 0 bridgehead atoms. The molecule has 0 fully saturated rings. The molecule has 0 atom stereocenters. The fraction of sp³-hybridized carbons (Fsp3) is 0. The van der Waals surface area contributed by atoms with E-state index in [1.165, 1.54) is 0 Å². The van der Waals surface area contributed by atoms with E-state index >= 15 is 0 Å². The monoisotopic (exact) mass is 331 g/mol. The van der Waals surface area contributed by atoms with Crippen molar-refractivity contribution in [2.75, 3.05) is 0 Å². The van der Waals surface area contributed by atoms with Crippen LogP contribution in [0.2, 0.25) is 0 Å². The van der Waals surface area contributed by atoms with Gasteiger partial charge in [-0.2, -0.15) is 0 Å². The van der Waals surface area contributed by atoms with Crippen molar-refractivity contribution in [3.05, 3.63) is 0 Å². The number of hydrogen-bond donors (Lipinski definition) is 0. The molecule has 0 aromatic carbocycles. The molecule has 0 unspecified atom stereocenters. The minimum absolute atomic E-state index is 1.60. The molecule has 0 aliphatic carbocycles. The molecular formula is C3BrCl2MoO3-3. The van der Waals surface area contributed by atoms with Gasteiger partial charge in [-0.15, -0.1) is 0 Å². The van der Waals surface area contributed by atoms with Gasteiger partial charge in [0.25, 0.3) is 0 Å². The summed E-state index contributed by atoms with van der Waals surface area (Å²) >= 11 is 1.37. The van der Waals surface area contributed by atoms with E-state index in [0.717, 1.165) is 0 Å². The maximum atomic E-state index is 7.50. The second-order valence-electron chi connectivity index (χ2n) is 0.175. The van der Waals surface area contributed by atoms with E-state index < -0.39 is 13.2 Å². The van der Waals surface area contributed by atoms with Gasteiger partial charge in [-0.1, -0.05) is 0 Å². The summed E-state index contributed by atoms with van der Waals surface area (Å²) in [4.78, 5) is 22.5. The Bertz CT molecular complexity index is 43.2. The predicted molar refractivity (Wildman–Crippen MR) is 37.7 cm³/mol. The van der Waals surface area contributed by atoms with Gasteiger partial charge in [-0.05, 0) is 0 Å². The summed E-state index contributed by atoms with van der Waals surface area (Å²) in [6, 6.07) is 0. The van der Waals surface area contributed by atoms with Crippen LogP contribution in [0.25, 0.3) is 0 Å². The first kappa shape index (κ1) is 22.4. The van der Waals surface area contributed by atoms with E-state index in [4.69, 9.17) is 33.2 Å². The quantitative estimate of drug-likeness (QED) is 0.492. The fourth-order valence-corrected chi connectivity index (χ4v) is 0. The van der Waals surface area contributed by atoms with Crippen LogP contribution in [0.4, 0.5) is 0 Å². The third-order valence-electron chi connectivity index (χ3n) is 0. The number of rotatable bonds is 0. The molecule has 0 amide bonds. The Kier molecular flexibility index (Phi) is 119. The van der Waals surface area contributed by atoms with Crippen molar-refractivity contribution in [1.29, 1.82) is 0 Å². The first-order valence-corrected chi connectivity index (χ1v) is 10.8. The summed E-state index contributed by atoms with van der Waals surface area (Å²) in [6.45, 7) is 13.5. The van der Waals surface area contributed by atoms with Crippen molar-refractivity contribution in [1.82, 2.24) is 0 Å².